The second-order valence-corrected chi connectivity index (χ2v) is 5.22. The average Bonchev–Trinajstić information content (AvgIpc) is 2.85. The minimum Gasteiger partial charge on any atom is -0.497 e. The smallest absolute Gasteiger partial charge is 0.255 e. The van der Waals surface area contributed by atoms with Crippen molar-refractivity contribution in [3.8, 4) is 11.5 Å². The predicted octanol–water partition coefficient (Wildman–Crippen LogP) is 0.565. The van der Waals surface area contributed by atoms with Crippen molar-refractivity contribution in [2.75, 3.05) is 20.8 Å². The van der Waals surface area contributed by atoms with E-state index in [1.807, 2.05) is 0 Å². The van der Waals surface area contributed by atoms with E-state index in [2.05, 4.69) is 5.32 Å². The van der Waals surface area contributed by atoms with Crippen LogP contribution in [0.25, 0.3) is 0 Å². The van der Waals surface area contributed by atoms with Gasteiger partial charge in [-0.15, -0.1) is 0 Å². The van der Waals surface area contributed by atoms with E-state index in [-0.39, 0.29) is 24.5 Å². The molecule has 2 rings (SSSR count). The predicted molar refractivity (Wildman–Crippen MR) is 76.6 cm³/mol. The highest BCUT2D eigenvalue weighted by molar-refractivity contribution is 5.97. The SMILES string of the molecule is COc1ccc(C(=O)N[C@H]2C[C@@H](CO)[C@H](O)C2)c(OC)c1. The average molecular weight is 295 g/mol. The maximum Gasteiger partial charge on any atom is 0.255 e. The molecule has 0 saturated heterocycles. The number of carbonyl (C=O) groups excluding carboxylic acids is 1. The van der Waals surface area contributed by atoms with Crippen LogP contribution in [0.5, 0.6) is 11.5 Å². The van der Waals surface area contributed by atoms with Gasteiger partial charge in [0.05, 0.1) is 25.9 Å². The Morgan fingerprint density at radius 2 is 2.10 bits per heavy atom. The molecule has 6 nitrogen and oxygen atoms in total. The number of hydrogen-bond acceptors (Lipinski definition) is 5. The van der Waals surface area contributed by atoms with Crippen molar-refractivity contribution in [2.45, 2.75) is 25.0 Å². The highest BCUT2D eigenvalue weighted by Gasteiger charge is 2.33. The number of aliphatic hydroxyl groups is 2. The maximum atomic E-state index is 12.3. The molecule has 0 aromatic heterocycles. The molecule has 0 aliphatic heterocycles. The van der Waals surface area contributed by atoms with Crippen LogP contribution in [-0.4, -0.2) is 49.1 Å². The summed E-state index contributed by atoms with van der Waals surface area (Å²) in [5.41, 5.74) is 0.417. The zero-order valence-corrected chi connectivity index (χ0v) is 12.2. The minimum absolute atomic E-state index is 0.0700. The maximum absolute atomic E-state index is 12.3. The van der Waals surface area contributed by atoms with E-state index in [1.54, 1.807) is 25.3 Å². The van der Waals surface area contributed by atoms with Gasteiger partial charge in [0.2, 0.25) is 0 Å². The molecule has 1 saturated carbocycles. The quantitative estimate of drug-likeness (QED) is 0.739. The van der Waals surface area contributed by atoms with Gasteiger partial charge in [0, 0.05) is 24.6 Å². The third-order valence-electron chi connectivity index (χ3n) is 3.88. The molecule has 1 fully saturated rings. The molecule has 0 unspecified atom stereocenters. The van der Waals surface area contributed by atoms with Crippen LogP contribution in [0, 0.1) is 5.92 Å². The number of nitrogens with one attached hydrogen (secondary N) is 1. The second kappa shape index (κ2) is 6.78. The molecule has 3 N–H and O–H groups in total. The van der Waals surface area contributed by atoms with Gasteiger partial charge in [0.1, 0.15) is 11.5 Å². The standard InChI is InChI=1S/C15H21NO5/c1-20-11-3-4-12(14(7-11)21-2)15(19)16-10-5-9(8-17)13(18)6-10/h3-4,7,9-10,13,17-18H,5-6,8H2,1-2H3,(H,16,19)/t9-,10-,13+/m0/s1. The van der Waals surface area contributed by atoms with Gasteiger partial charge in [-0.2, -0.15) is 0 Å². The van der Waals surface area contributed by atoms with E-state index in [0.29, 0.717) is 29.9 Å². The summed E-state index contributed by atoms with van der Waals surface area (Å²) in [5, 5.41) is 21.8. The third kappa shape index (κ3) is 3.46. The molecule has 0 radical (unpaired) electrons. The molecule has 1 aliphatic rings. The third-order valence-corrected chi connectivity index (χ3v) is 3.88. The van der Waals surface area contributed by atoms with Crippen LogP contribution in [0.3, 0.4) is 0 Å². The van der Waals surface area contributed by atoms with Gasteiger partial charge in [-0.1, -0.05) is 0 Å². The number of amides is 1. The number of hydrogen-bond donors (Lipinski definition) is 3. The number of ether oxygens (including phenoxy) is 2. The normalized spacial score (nSPS) is 24.7. The molecule has 1 amide bonds. The molecule has 1 aliphatic carbocycles. The molecule has 1 aromatic carbocycles. The summed E-state index contributed by atoms with van der Waals surface area (Å²) in [6, 6.07) is 4.84. The van der Waals surface area contributed by atoms with Gasteiger partial charge in [-0.25, -0.2) is 0 Å². The van der Waals surface area contributed by atoms with Crippen LogP contribution in [0.2, 0.25) is 0 Å². The first kappa shape index (κ1) is 15.6. The van der Waals surface area contributed by atoms with E-state index in [4.69, 9.17) is 14.6 Å². The number of benzene rings is 1. The fourth-order valence-corrected chi connectivity index (χ4v) is 2.67. The fraction of sp³-hybridized carbons (Fsp3) is 0.533. The van der Waals surface area contributed by atoms with Gasteiger partial charge < -0.3 is 25.0 Å². The first-order valence-corrected chi connectivity index (χ1v) is 6.90. The Labute approximate surface area is 123 Å². The molecular formula is C15H21NO5. The van der Waals surface area contributed by atoms with E-state index in [1.165, 1.54) is 7.11 Å². The molecule has 6 heteroatoms. The molecule has 0 bridgehead atoms. The Morgan fingerprint density at radius 3 is 2.67 bits per heavy atom. The highest BCUT2D eigenvalue weighted by atomic mass is 16.5. The lowest BCUT2D eigenvalue weighted by atomic mass is 10.1. The topological polar surface area (TPSA) is 88.0 Å². The molecule has 3 atom stereocenters. The summed E-state index contributed by atoms with van der Waals surface area (Å²) >= 11 is 0. The lowest BCUT2D eigenvalue weighted by Crippen LogP contribution is -2.33. The van der Waals surface area contributed by atoms with Gasteiger partial charge >= 0.3 is 0 Å². The van der Waals surface area contributed by atoms with Gasteiger partial charge in [-0.05, 0) is 25.0 Å². The summed E-state index contributed by atoms with van der Waals surface area (Å²) in [7, 11) is 3.04. The highest BCUT2D eigenvalue weighted by Crippen LogP contribution is 2.28. The molecule has 0 heterocycles. The summed E-state index contributed by atoms with van der Waals surface area (Å²) in [4.78, 5) is 12.3. The lowest BCUT2D eigenvalue weighted by Gasteiger charge is -2.15. The molecule has 21 heavy (non-hydrogen) atoms. The zero-order chi connectivity index (χ0) is 15.4. The number of carbonyl (C=O) groups is 1. The van der Waals surface area contributed by atoms with Gasteiger partial charge in [0.25, 0.3) is 5.91 Å². The van der Waals surface area contributed by atoms with Crippen molar-refractivity contribution >= 4 is 5.91 Å². The monoisotopic (exact) mass is 295 g/mol. The Hall–Kier alpha value is -1.79. The largest absolute Gasteiger partial charge is 0.497 e. The Balaban J connectivity index is 2.07. The fourth-order valence-electron chi connectivity index (χ4n) is 2.67. The van der Waals surface area contributed by atoms with Crippen molar-refractivity contribution in [3.63, 3.8) is 0 Å². The minimum atomic E-state index is -0.571. The van der Waals surface area contributed by atoms with E-state index in [0.717, 1.165) is 0 Å². The van der Waals surface area contributed by atoms with Crippen LogP contribution in [0.1, 0.15) is 23.2 Å². The van der Waals surface area contributed by atoms with Crippen LogP contribution < -0.4 is 14.8 Å². The molecule has 116 valence electrons. The number of methoxy groups -OCH3 is 2. The Kier molecular flexibility index (Phi) is 5.03. The second-order valence-electron chi connectivity index (χ2n) is 5.22. The van der Waals surface area contributed by atoms with Crippen LogP contribution in [0.4, 0.5) is 0 Å². The van der Waals surface area contributed by atoms with Crippen LogP contribution >= 0.6 is 0 Å². The van der Waals surface area contributed by atoms with Crippen LogP contribution in [-0.2, 0) is 0 Å². The summed E-state index contributed by atoms with van der Waals surface area (Å²) in [6.45, 7) is -0.0700. The number of rotatable bonds is 5. The van der Waals surface area contributed by atoms with Gasteiger partial charge in [-0.3, -0.25) is 4.79 Å². The zero-order valence-electron chi connectivity index (χ0n) is 12.2. The van der Waals surface area contributed by atoms with Crippen LogP contribution in [0.15, 0.2) is 18.2 Å². The van der Waals surface area contributed by atoms with Gasteiger partial charge in [0.15, 0.2) is 0 Å². The van der Waals surface area contributed by atoms with Crippen molar-refractivity contribution in [2.24, 2.45) is 5.92 Å². The number of aliphatic hydroxyl groups excluding tert-OH is 2. The summed E-state index contributed by atoms with van der Waals surface area (Å²) in [6.07, 6.45) is 0.454. The lowest BCUT2D eigenvalue weighted by molar-refractivity contribution is 0.0903. The van der Waals surface area contributed by atoms with E-state index < -0.39 is 6.10 Å². The first-order valence-electron chi connectivity index (χ1n) is 6.90. The first-order chi connectivity index (χ1) is 10.1. The molecular weight excluding hydrogens is 274 g/mol. The van der Waals surface area contributed by atoms with E-state index in [9.17, 15) is 9.90 Å². The van der Waals surface area contributed by atoms with Crippen molar-refractivity contribution < 1.29 is 24.5 Å². The summed E-state index contributed by atoms with van der Waals surface area (Å²) < 4.78 is 10.3. The Morgan fingerprint density at radius 1 is 1.33 bits per heavy atom. The Bertz CT molecular complexity index is 505. The molecule has 0 spiro atoms. The van der Waals surface area contributed by atoms with Crippen molar-refractivity contribution in [3.05, 3.63) is 23.8 Å². The summed E-state index contributed by atoms with van der Waals surface area (Å²) in [5.74, 6) is 0.613. The van der Waals surface area contributed by atoms with Crippen molar-refractivity contribution in [1.82, 2.24) is 5.32 Å². The van der Waals surface area contributed by atoms with E-state index >= 15 is 0 Å². The van der Waals surface area contributed by atoms with Crippen molar-refractivity contribution in [1.29, 1.82) is 0 Å². The molecule has 1 aromatic rings.